The van der Waals surface area contributed by atoms with Crippen LogP contribution in [0.15, 0.2) is 18.2 Å². The maximum Gasteiger partial charge on any atom is 0.147 e. The molecule has 0 bridgehead atoms. The van der Waals surface area contributed by atoms with E-state index in [-0.39, 0.29) is 11.6 Å². The molecular formula is C11H12BrFO. The lowest BCUT2D eigenvalue weighted by Crippen LogP contribution is -2.06. The second-order valence-corrected chi connectivity index (χ2v) is 3.68. The van der Waals surface area contributed by atoms with Crippen LogP contribution in [-0.2, 0) is 17.6 Å². The Morgan fingerprint density at radius 2 is 2.14 bits per heavy atom. The first-order valence-electron chi connectivity index (χ1n) is 4.52. The van der Waals surface area contributed by atoms with Crippen molar-refractivity contribution in [2.75, 3.05) is 5.33 Å². The number of ketones is 1. The molecule has 3 heteroatoms. The number of rotatable bonds is 4. The molecule has 0 unspecified atom stereocenters. The highest BCUT2D eigenvalue weighted by molar-refractivity contribution is 9.09. The monoisotopic (exact) mass is 258 g/mol. The average molecular weight is 259 g/mol. The van der Waals surface area contributed by atoms with Gasteiger partial charge in [-0.25, -0.2) is 4.39 Å². The molecule has 0 amide bonds. The first-order chi connectivity index (χ1) is 6.67. The van der Waals surface area contributed by atoms with Crippen molar-refractivity contribution in [3.8, 4) is 0 Å². The number of benzene rings is 1. The van der Waals surface area contributed by atoms with Gasteiger partial charge in [0.05, 0.1) is 5.33 Å². The highest BCUT2D eigenvalue weighted by atomic mass is 79.9. The van der Waals surface area contributed by atoms with Gasteiger partial charge in [-0.2, -0.15) is 0 Å². The Hall–Kier alpha value is -0.700. The average Bonchev–Trinajstić information content (AvgIpc) is 2.18. The van der Waals surface area contributed by atoms with Crippen molar-refractivity contribution in [3.63, 3.8) is 0 Å². The van der Waals surface area contributed by atoms with Crippen LogP contribution in [0.1, 0.15) is 18.1 Å². The molecule has 0 atom stereocenters. The summed E-state index contributed by atoms with van der Waals surface area (Å²) < 4.78 is 12.9. The molecule has 1 aromatic rings. The minimum atomic E-state index is -0.278. The summed E-state index contributed by atoms with van der Waals surface area (Å²) in [7, 11) is 0. The third-order valence-electron chi connectivity index (χ3n) is 2.09. The first kappa shape index (κ1) is 11.4. The topological polar surface area (TPSA) is 17.1 Å². The summed E-state index contributed by atoms with van der Waals surface area (Å²) in [5.41, 5.74) is 1.85. The van der Waals surface area contributed by atoms with Crippen LogP contribution < -0.4 is 0 Å². The number of carbonyl (C=O) groups excluding carboxylic acids is 1. The lowest BCUT2D eigenvalue weighted by molar-refractivity contribution is -0.115. The summed E-state index contributed by atoms with van der Waals surface area (Å²) in [4.78, 5) is 11.2. The minimum absolute atomic E-state index is 0.0744. The van der Waals surface area contributed by atoms with Gasteiger partial charge in [0.1, 0.15) is 11.6 Å². The van der Waals surface area contributed by atoms with E-state index in [1.54, 1.807) is 6.07 Å². The van der Waals surface area contributed by atoms with E-state index in [2.05, 4.69) is 15.9 Å². The summed E-state index contributed by atoms with van der Waals surface area (Å²) >= 11 is 3.09. The Morgan fingerprint density at radius 1 is 1.43 bits per heavy atom. The summed E-state index contributed by atoms with van der Waals surface area (Å²) in [5.74, 6) is -0.204. The number of hydrogen-bond acceptors (Lipinski definition) is 1. The first-order valence-corrected chi connectivity index (χ1v) is 5.64. The van der Waals surface area contributed by atoms with Crippen molar-refractivity contribution in [2.45, 2.75) is 19.8 Å². The van der Waals surface area contributed by atoms with Crippen LogP contribution in [-0.4, -0.2) is 11.1 Å². The molecule has 14 heavy (non-hydrogen) atoms. The SMILES string of the molecule is CCc1ccc(F)cc1CC(=O)CBr. The summed E-state index contributed by atoms with van der Waals surface area (Å²) in [5, 5.41) is 0.326. The summed E-state index contributed by atoms with van der Waals surface area (Å²) in [6.07, 6.45) is 1.14. The number of Topliss-reactive ketones (excluding diaryl/α,β-unsaturated/α-hetero) is 1. The molecule has 0 spiro atoms. The Kier molecular flexibility index (Phi) is 4.26. The molecule has 76 valence electrons. The van der Waals surface area contributed by atoms with Gasteiger partial charge in [-0.1, -0.05) is 28.9 Å². The quantitative estimate of drug-likeness (QED) is 0.760. The second kappa shape index (κ2) is 5.25. The van der Waals surface area contributed by atoms with Crippen LogP contribution in [0.5, 0.6) is 0 Å². The molecule has 0 fully saturated rings. The Balaban J connectivity index is 2.93. The number of carbonyl (C=O) groups is 1. The smallest absolute Gasteiger partial charge is 0.147 e. The Labute approximate surface area is 91.5 Å². The molecule has 0 aromatic heterocycles. The normalized spacial score (nSPS) is 10.2. The standard InChI is InChI=1S/C11H12BrFO/c1-2-8-3-4-10(13)5-9(8)6-11(14)7-12/h3-5H,2,6-7H2,1H3. The van der Waals surface area contributed by atoms with Crippen molar-refractivity contribution in [1.82, 2.24) is 0 Å². The van der Waals surface area contributed by atoms with Gasteiger partial charge < -0.3 is 0 Å². The molecule has 0 heterocycles. The zero-order valence-corrected chi connectivity index (χ0v) is 9.60. The van der Waals surface area contributed by atoms with Crippen molar-refractivity contribution >= 4 is 21.7 Å². The van der Waals surface area contributed by atoms with Gasteiger partial charge in [-0.15, -0.1) is 0 Å². The molecule has 1 rings (SSSR count). The molecule has 1 aromatic carbocycles. The van der Waals surface area contributed by atoms with Crippen LogP contribution in [0, 0.1) is 5.82 Å². The second-order valence-electron chi connectivity index (χ2n) is 3.12. The van der Waals surface area contributed by atoms with Crippen LogP contribution in [0.25, 0.3) is 0 Å². The molecule has 0 aliphatic carbocycles. The van der Waals surface area contributed by atoms with Gasteiger partial charge in [-0.05, 0) is 29.7 Å². The Bertz CT molecular complexity index is 336. The molecule has 0 N–H and O–H groups in total. The fourth-order valence-electron chi connectivity index (χ4n) is 1.36. The fourth-order valence-corrected chi connectivity index (χ4v) is 1.56. The number of alkyl halides is 1. The zero-order chi connectivity index (χ0) is 10.6. The van der Waals surface area contributed by atoms with Crippen LogP contribution in [0.3, 0.4) is 0 Å². The third kappa shape index (κ3) is 2.91. The van der Waals surface area contributed by atoms with Gasteiger partial charge >= 0.3 is 0 Å². The number of aryl methyl sites for hydroxylation is 1. The van der Waals surface area contributed by atoms with Crippen LogP contribution in [0.2, 0.25) is 0 Å². The van der Waals surface area contributed by atoms with Crippen molar-refractivity contribution in [3.05, 3.63) is 35.1 Å². The van der Waals surface area contributed by atoms with E-state index in [4.69, 9.17) is 0 Å². The molecule has 0 radical (unpaired) electrons. The zero-order valence-electron chi connectivity index (χ0n) is 8.02. The highest BCUT2D eigenvalue weighted by Gasteiger charge is 2.07. The minimum Gasteiger partial charge on any atom is -0.298 e. The van der Waals surface area contributed by atoms with Crippen molar-refractivity contribution in [1.29, 1.82) is 0 Å². The number of hydrogen-bond donors (Lipinski definition) is 0. The van der Waals surface area contributed by atoms with E-state index >= 15 is 0 Å². The van der Waals surface area contributed by atoms with Gasteiger partial charge in [-0.3, -0.25) is 4.79 Å². The van der Waals surface area contributed by atoms with E-state index in [1.165, 1.54) is 12.1 Å². The summed E-state index contributed by atoms with van der Waals surface area (Å²) in [6.45, 7) is 2.00. The lowest BCUT2D eigenvalue weighted by atomic mass is 10.0. The predicted octanol–water partition coefficient (Wildman–Crippen LogP) is 2.89. The van der Waals surface area contributed by atoms with Crippen molar-refractivity contribution < 1.29 is 9.18 Å². The van der Waals surface area contributed by atoms with Gasteiger partial charge in [0.25, 0.3) is 0 Å². The van der Waals surface area contributed by atoms with Gasteiger partial charge in [0.2, 0.25) is 0 Å². The largest absolute Gasteiger partial charge is 0.298 e. The van der Waals surface area contributed by atoms with Gasteiger partial charge in [0, 0.05) is 6.42 Å². The maximum atomic E-state index is 12.9. The maximum absolute atomic E-state index is 12.9. The van der Waals surface area contributed by atoms with Crippen LogP contribution >= 0.6 is 15.9 Å². The molecule has 0 aliphatic heterocycles. The number of halogens is 2. The van der Waals surface area contributed by atoms with Crippen molar-refractivity contribution in [2.24, 2.45) is 0 Å². The molecule has 0 saturated carbocycles. The summed E-state index contributed by atoms with van der Waals surface area (Å²) in [6, 6.07) is 4.62. The van der Waals surface area contributed by atoms with E-state index in [0.717, 1.165) is 17.5 Å². The van der Waals surface area contributed by atoms with E-state index in [1.807, 2.05) is 6.92 Å². The van der Waals surface area contributed by atoms with E-state index in [0.29, 0.717) is 11.8 Å². The third-order valence-corrected chi connectivity index (χ3v) is 2.71. The van der Waals surface area contributed by atoms with Crippen LogP contribution in [0.4, 0.5) is 4.39 Å². The molecule has 1 nitrogen and oxygen atoms in total. The molecular weight excluding hydrogens is 247 g/mol. The van der Waals surface area contributed by atoms with E-state index in [9.17, 15) is 9.18 Å². The Morgan fingerprint density at radius 3 is 2.71 bits per heavy atom. The fraction of sp³-hybridized carbons (Fsp3) is 0.364. The molecule has 0 aliphatic rings. The molecule has 0 saturated heterocycles. The van der Waals surface area contributed by atoms with E-state index < -0.39 is 0 Å². The highest BCUT2D eigenvalue weighted by Crippen LogP contribution is 2.13. The van der Waals surface area contributed by atoms with Gasteiger partial charge in [0.15, 0.2) is 0 Å². The predicted molar refractivity (Wildman–Crippen MR) is 58.3 cm³/mol. The lowest BCUT2D eigenvalue weighted by Gasteiger charge is -2.06.